The molecule has 4 aromatic rings. The lowest BCUT2D eigenvalue weighted by Gasteiger charge is -2.19. The van der Waals surface area contributed by atoms with Crippen molar-refractivity contribution in [3.8, 4) is 0 Å². The van der Waals surface area contributed by atoms with Crippen LogP contribution in [0.4, 0.5) is 4.79 Å². The molecule has 0 aromatic heterocycles. The Hall–Kier alpha value is -4.39. The van der Waals surface area contributed by atoms with E-state index in [0.29, 0.717) is 0 Å². The molecule has 0 saturated heterocycles. The molecule has 172 valence electrons. The van der Waals surface area contributed by atoms with E-state index in [2.05, 4.69) is 16.7 Å². The van der Waals surface area contributed by atoms with E-state index < -0.39 is 23.9 Å². The van der Waals surface area contributed by atoms with Crippen molar-refractivity contribution in [1.82, 2.24) is 10.6 Å². The van der Waals surface area contributed by atoms with E-state index in [1.165, 1.54) is 0 Å². The van der Waals surface area contributed by atoms with Gasteiger partial charge in [0.1, 0.15) is 19.2 Å². The van der Waals surface area contributed by atoms with Gasteiger partial charge in [-0.15, -0.1) is 0 Å². The predicted molar refractivity (Wildman–Crippen MR) is 131 cm³/mol. The Morgan fingerprint density at radius 3 is 2.03 bits per heavy atom. The summed E-state index contributed by atoms with van der Waals surface area (Å²) in [5.74, 6) is -1.19. The van der Waals surface area contributed by atoms with E-state index in [9.17, 15) is 14.4 Å². The Morgan fingerprint density at radius 2 is 1.41 bits per heavy atom. The number of nitrogens with two attached hydrogens (primary N) is 1. The van der Waals surface area contributed by atoms with Gasteiger partial charge in [0.05, 0.1) is 0 Å². The summed E-state index contributed by atoms with van der Waals surface area (Å²) >= 11 is 0. The molecule has 0 radical (unpaired) electrons. The molecule has 34 heavy (non-hydrogen) atoms. The minimum absolute atomic E-state index is 0.0896. The van der Waals surface area contributed by atoms with Gasteiger partial charge in [-0.05, 0) is 38.7 Å². The average molecular weight is 456 g/mol. The first-order chi connectivity index (χ1) is 16.5. The monoisotopic (exact) mass is 455 g/mol. The molecule has 0 aliphatic heterocycles. The number of carbonyl (C=O) groups excluding carboxylic acids is 3. The molecule has 0 bridgehead atoms. The molecule has 3 amide bonds. The van der Waals surface area contributed by atoms with Crippen LogP contribution in [0.15, 0.2) is 84.9 Å². The van der Waals surface area contributed by atoms with Crippen LogP contribution in [0.2, 0.25) is 0 Å². The lowest BCUT2D eigenvalue weighted by molar-refractivity contribution is -0.126. The van der Waals surface area contributed by atoms with Crippen molar-refractivity contribution in [2.45, 2.75) is 19.1 Å². The summed E-state index contributed by atoms with van der Waals surface area (Å²) in [6.07, 6.45) is -0.504. The van der Waals surface area contributed by atoms with Gasteiger partial charge in [0, 0.05) is 6.42 Å². The number of fused-ring (bicyclic) bond motifs is 2. The molecule has 0 aliphatic carbocycles. The number of rotatable bonds is 8. The highest BCUT2D eigenvalue weighted by atomic mass is 16.5. The Kier molecular flexibility index (Phi) is 7.03. The number of hydrogen-bond acceptors (Lipinski definition) is 4. The summed E-state index contributed by atoms with van der Waals surface area (Å²) in [7, 11) is 0. The Bertz CT molecular complexity index is 1280. The van der Waals surface area contributed by atoms with E-state index in [1.54, 1.807) is 0 Å². The summed E-state index contributed by atoms with van der Waals surface area (Å²) in [5, 5.41) is 9.09. The first kappa shape index (κ1) is 22.8. The van der Waals surface area contributed by atoms with E-state index >= 15 is 0 Å². The van der Waals surface area contributed by atoms with Crippen molar-refractivity contribution >= 4 is 39.5 Å². The summed E-state index contributed by atoms with van der Waals surface area (Å²) in [5.41, 5.74) is 7.38. The van der Waals surface area contributed by atoms with Gasteiger partial charge in [-0.1, -0.05) is 78.9 Å². The largest absolute Gasteiger partial charge is 0.445 e. The second-order valence-corrected chi connectivity index (χ2v) is 7.94. The van der Waals surface area contributed by atoms with Crippen LogP contribution in [-0.4, -0.2) is 30.5 Å². The molecule has 1 atom stereocenters. The zero-order valence-corrected chi connectivity index (χ0v) is 18.5. The number of primary amides is 1. The third-order valence-electron chi connectivity index (χ3n) is 5.58. The van der Waals surface area contributed by atoms with Crippen molar-refractivity contribution in [2.75, 3.05) is 6.54 Å². The smallest absolute Gasteiger partial charge is 0.407 e. The Morgan fingerprint density at radius 1 is 0.824 bits per heavy atom. The van der Waals surface area contributed by atoms with Crippen LogP contribution in [0.3, 0.4) is 0 Å². The van der Waals surface area contributed by atoms with Gasteiger partial charge in [-0.3, -0.25) is 9.59 Å². The van der Waals surface area contributed by atoms with Crippen LogP contribution in [0.1, 0.15) is 11.1 Å². The Balaban J connectivity index is 1.43. The molecule has 0 saturated carbocycles. The highest BCUT2D eigenvalue weighted by Gasteiger charge is 2.21. The number of nitrogens with one attached hydrogen (secondary N) is 2. The van der Waals surface area contributed by atoms with Crippen molar-refractivity contribution in [2.24, 2.45) is 5.73 Å². The number of ether oxygens (including phenoxy) is 1. The summed E-state index contributed by atoms with van der Waals surface area (Å²) < 4.78 is 5.10. The minimum Gasteiger partial charge on any atom is -0.445 e. The topological polar surface area (TPSA) is 111 Å². The summed E-state index contributed by atoms with van der Waals surface area (Å²) in [6.45, 7) is -0.250. The predicted octanol–water partition coefficient (Wildman–Crippen LogP) is 3.43. The molecule has 0 spiro atoms. The fraction of sp³-hybridized carbons (Fsp3) is 0.148. The van der Waals surface area contributed by atoms with Gasteiger partial charge in [0.2, 0.25) is 11.8 Å². The van der Waals surface area contributed by atoms with E-state index in [1.807, 2.05) is 78.9 Å². The fourth-order valence-electron chi connectivity index (χ4n) is 3.93. The molecular formula is C27H25N3O4. The van der Waals surface area contributed by atoms with Gasteiger partial charge < -0.3 is 21.1 Å². The van der Waals surface area contributed by atoms with Crippen LogP contribution in [0.5, 0.6) is 0 Å². The third kappa shape index (κ3) is 5.50. The SMILES string of the molecule is NC(=O)[C@@H](Cc1c2ccccc2cc2ccccc12)NC(=O)CNC(=O)OCc1ccccc1. The molecule has 0 fully saturated rings. The van der Waals surface area contributed by atoms with Crippen molar-refractivity contribution in [3.63, 3.8) is 0 Å². The van der Waals surface area contributed by atoms with Crippen LogP contribution in [0, 0.1) is 0 Å². The quantitative estimate of drug-likeness (QED) is 0.354. The maximum absolute atomic E-state index is 12.5. The second kappa shape index (κ2) is 10.5. The van der Waals surface area contributed by atoms with Crippen LogP contribution >= 0.6 is 0 Å². The van der Waals surface area contributed by atoms with Crippen molar-refractivity contribution in [1.29, 1.82) is 0 Å². The van der Waals surface area contributed by atoms with Crippen LogP contribution < -0.4 is 16.4 Å². The van der Waals surface area contributed by atoms with Gasteiger partial charge in [0.15, 0.2) is 0 Å². The van der Waals surface area contributed by atoms with Gasteiger partial charge in [-0.2, -0.15) is 0 Å². The lowest BCUT2D eigenvalue weighted by Crippen LogP contribution is -2.49. The van der Waals surface area contributed by atoms with E-state index in [-0.39, 0.29) is 19.6 Å². The summed E-state index contributed by atoms with van der Waals surface area (Å²) in [4.78, 5) is 36.6. The standard InChI is InChI=1S/C27H25N3O4/c28-26(32)24(30-25(31)16-29-27(33)34-17-18-8-2-1-3-9-18)15-23-21-12-6-4-10-19(21)14-20-11-5-7-13-22(20)23/h1-14,24H,15-17H2,(H2,28,32)(H,29,33)(H,30,31)/t24-/m1/s1. The van der Waals surface area contributed by atoms with Crippen LogP contribution in [-0.2, 0) is 27.4 Å². The number of alkyl carbamates (subject to hydrolysis) is 1. The molecular weight excluding hydrogens is 430 g/mol. The highest BCUT2D eigenvalue weighted by molar-refractivity contribution is 6.03. The molecule has 4 N–H and O–H groups in total. The van der Waals surface area contributed by atoms with Gasteiger partial charge >= 0.3 is 6.09 Å². The highest BCUT2D eigenvalue weighted by Crippen LogP contribution is 2.29. The van der Waals surface area contributed by atoms with Crippen molar-refractivity contribution < 1.29 is 19.1 Å². The zero-order valence-electron chi connectivity index (χ0n) is 18.5. The maximum Gasteiger partial charge on any atom is 0.407 e. The van der Waals surface area contributed by atoms with E-state index in [0.717, 1.165) is 32.7 Å². The average Bonchev–Trinajstić information content (AvgIpc) is 2.86. The zero-order chi connectivity index (χ0) is 23.9. The molecule has 7 heteroatoms. The number of carbonyl (C=O) groups is 3. The summed E-state index contributed by atoms with van der Waals surface area (Å²) in [6, 6.07) is 26.1. The Labute approximate surface area is 196 Å². The van der Waals surface area contributed by atoms with Gasteiger partial charge in [0.25, 0.3) is 0 Å². The van der Waals surface area contributed by atoms with E-state index in [4.69, 9.17) is 10.5 Å². The van der Waals surface area contributed by atoms with Crippen LogP contribution in [0.25, 0.3) is 21.5 Å². The normalized spacial score (nSPS) is 11.6. The molecule has 4 aromatic carbocycles. The second-order valence-electron chi connectivity index (χ2n) is 7.94. The first-order valence-corrected chi connectivity index (χ1v) is 10.9. The number of amides is 3. The molecule has 0 aliphatic rings. The first-order valence-electron chi connectivity index (χ1n) is 10.9. The molecule has 4 rings (SSSR count). The number of hydrogen-bond donors (Lipinski definition) is 3. The van der Waals surface area contributed by atoms with Crippen molar-refractivity contribution in [3.05, 3.63) is 96.1 Å². The third-order valence-corrected chi connectivity index (χ3v) is 5.58. The lowest BCUT2D eigenvalue weighted by atomic mass is 9.92. The number of benzene rings is 4. The maximum atomic E-state index is 12.5. The molecule has 0 unspecified atom stereocenters. The van der Waals surface area contributed by atoms with Gasteiger partial charge in [-0.25, -0.2) is 4.79 Å². The minimum atomic E-state index is -0.941. The molecule has 0 heterocycles. The molecule has 7 nitrogen and oxygen atoms in total. The fourth-order valence-corrected chi connectivity index (χ4v) is 3.93.